The van der Waals surface area contributed by atoms with E-state index in [-0.39, 0.29) is 12.6 Å². The summed E-state index contributed by atoms with van der Waals surface area (Å²) in [7, 11) is 0. The Kier molecular flexibility index (Phi) is 4.69. The van der Waals surface area contributed by atoms with Gasteiger partial charge in [-0.2, -0.15) is 0 Å². The fraction of sp³-hybridized carbons (Fsp3) is 0.375. The molecular weight excluding hydrogens is 250 g/mol. The molecule has 1 unspecified atom stereocenters. The highest BCUT2D eigenvalue weighted by Gasteiger charge is 2.13. The minimum Gasteiger partial charge on any atom is -0.394 e. The lowest BCUT2D eigenvalue weighted by Crippen LogP contribution is -2.17. The van der Waals surface area contributed by atoms with Crippen molar-refractivity contribution in [2.75, 3.05) is 11.9 Å². The normalized spacial score (nSPS) is 12.4. The quantitative estimate of drug-likeness (QED) is 0.877. The van der Waals surface area contributed by atoms with Gasteiger partial charge in [0.1, 0.15) is 0 Å². The molecule has 0 bridgehead atoms. The van der Waals surface area contributed by atoms with E-state index in [1.165, 1.54) is 0 Å². The van der Waals surface area contributed by atoms with Crippen LogP contribution in [0.1, 0.15) is 42.8 Å². The van der Waals surface area contributed by atoms with Gasteiger partial charge >= 0.3 is 0 Å². The smallest absolute Gasteiger partial charge is 0.223 e. The zero-order valence-electron chi connectivity index (χ0n) is 12.2. The van der Waals surface area contributed by atoms with Crippen LogP contribution in [0, 0.1) is 6.92 Å². The van der Waals surface area contributed by atoms with Crippen LogP contribution >= 0.6 is 0 Å². The molecule has 4 heteroatoms. The van der Waals surface area contributed by atoms with Gasteiger partial charge in [-0.05, 0) is 24.5 Å². The van der Waals surface area contributed by atoms with Gasteiger partial charge in [-0.15, -0.1) is 0 Å². The molecule has 2 N–H and O–H groups in total. The Morgan fingerprint density at radius 2 is 1.85 bits per heavy atom. The third-order valence-electron chi connectivity index (χ3n) is 3.15. The Morgan fingerprint density at radius 3 is 2.45 bits per heavy atom. The number of hydrogen-bond donors (Lipinski definition) is 2. The van der Waals surface area contributed by atoms with E-state index in [0.717, 1.165) is 17.0 Å². The second kappa shape index (κ2) is 6.48. The first-order chi connectivity index (χ1) is 9.60. The minimum atomic E-state index is -0.196. The van der Waals surface area contributed by atoms with Crippen LogP contribution in [0.3, 0.4) is 0 Å². The monoisotopic (exact) mass is 271 g/mol. The SMILES string of the molecule is Cc1cc(C(C)C)nc(NC(CO)c2ccccc2)n1. The van der Waals surface area contributed by atoms with Gasteiger partial charge in [0.15, 0.2) is 0 Å². The van der Waals surface area contributed by atoms with E-state index in [9.17, 15) is 5.11 Å². The highest BCUT2D eigenvalue weighted by Crippen LogP contribution is 2.19. The number of anilines is 1. The molecule has 106 valence electrons. The molecule has 0 amide bonds. The van der Waals surface area contributed by atoms with Crippen molar-refractivity contribution in [3.63, 3.8) is 0 Å². The van der Waals surface area contributed by atoms with Gasteiger partial charge in [-0.3, -0.25) is 0 Å². The fourth-order valence-corrected chi connectivity index (χ4v) is 2.03. The second-order valence-electron chi connectivity index (χ2n) is 5.20. The van der Waals surface area contributed by atoms with E-state index in [1.807, 2.05) is 43.3 Å². The maximum atomic E-state index is 9.57. The van der Waals surface area contributed by atoms with Crippen molar-refractivity contribution >= 4 is 5.95 Å². The van der Waals surface area contributed by atoms with Crippen molar-refractivity contribution in [3.8, 4) is 0 Å². The van der Waals surface area contributed by atoms with Crippen molar-refractivity contribution in [1.29, 1.82) is 0 Å². The van der Waals surface area contributed by atoms with E-state index < -0.39 is 0 Å². The first-order valence-corrected chi connectivity index (χ1v) is 6.88. The van der Waals surface area contributed by atoms with Gasteiger partial charge in [0, 0.05) is 11.4 Å². The van der Waals surface area contributed by atoms with Gasteiger partial charge in [-0.25, -0.2) is 9.97 Å². The number of nitrogens with one attached hydrogen (secondary N) is 1. The number of nitrogens with zero attached hydrogens (tertiary/aromatic N) is 2. The molecule has 4 nitrogen and oxygen atoms in total. The third kappa shape index (κ3) is 3.54. The third-order valence-corrected chi connectivity index (χ3v) is 3.15. The zero-order valence-corrected chi connectivity index (χ0v) is 12.2. The number of hydrogen-bond acceptors (Lipinski definition) is 4. The molecule has 20 heavy (non-hydrogen) atoms. The van der Waals surface area contributed by atoms with Crippen LogP contribution < -0.4 is 5.32 Å². The Bertz CT molecular complexity index is 555. The maximum Gasteiger partial charge on any atom is 0.223 e. The Balaban J connectivity index is 2.24. The van der Waals surface area contributed by atoms with Gasteiger partial charge in [0.05, 0.1) is 12.6 Å². The summed E-state index contributed by atoms with van der Waals surface area (Å²) in [5.41, 5.74) is 2.95. The van der Waals surface area contributed by atoms with E-state index in [4.69, 9.17) is 0 Å². The molecular formula is C16H21N3O. The topological polar surface area (TPSA) is 58.0 Å². The minimum absolute atomic E-state index is 0.00166. The summed E-state index contributed by atoms with van der Waals surface area (Å²) >= 11 is 0. The number of aryl methyl sites for hydroxylation is 1. The standard InChI is InChI=1S/C16H21N3O/c1-11(2)14-9-12(3)17-16(18-14)19-15(10-20)13-7-5-4-6-8-13/h4-9,11,15,20H,10H2,1-3H3,(H,17,18,19). The summed E-state index contributed by atoms with van der Waals surface area (Å²) in [5, 5.41) is 12.8. The number of aliphatic hydroxyl groups excluding tert-OH is 1. The van der Waals surface area contributed by atoms with Crippen LogP contribution in [0.4, 0.5) is 5.95 Å². The number of aromatic nitrogens is 2. The molecule has 0 saturated carbocycles. The summed E-state index contributed by atoms with van der Waals surface area (Å²) in [6, 6.07) is 11.6. The van der Waals surface area contributed by atoms with Crippen molar-refractivity contribution in [2.45, 2.75) is 32.7 Å². The first-order valence-electron chi connectivity index (χ1n) is 6.88. The van der Waals surface area contributed by atoms with E-state index >= 15 is 0 Å². The zero-order chi connectivity index (χ0) is 14.5. The lowest BCUT2D eigenvalue weighted by atomic mass is 10.1. The molecule has 0 radical (unpaired) electrons. The van der Waals surface area contributed by atoms with Gasteiger partial charge in [0.2, 0.25) is 5.95 Å². The first kappa shape index (κ1) is 14.5. The highest BCUT2D eigenvalue weighted by molar-refractivity contribution is 5.34. The molecule has 2 aromatic rings. The molecule has 0 fully saturated rings. The Labute approximate surface area is 119 Å². The summed E-state index contributed by atoms with van der Waals surface area (Å²) in [4.78, 5) is 8.91. The fourth-order valence-electron chi connectivity index (χ4n) is 2.03. The molecule has 0 aliphatic carbocycles. The largest absolute Gasteiger partial charge is 0.394 e. The molecule has 0 aliphatic heterocycles. The van der Waals surface area contributed by atoms with Crippen molar-refractivity contribution in [2.24, 2.45) is 0 Å². The van der Waals surface area contributed by atoms with E-state index in [2.05, 4.69) is 29.1 Å². The molecule has 1 heterocycles. The van der Waals surface area contributed by atoms with Crippen molar-refractivity contribution < 1.29 is 5.11 Å². The number of aliphatic hydroxyl groups is 1. The van der Waals surface area contributed by atoms with E-state index in [1.54, 1.807) is 0 Å². The van der Waals surface area contributed by atoms with E-state index in [0.29, 0.717) is 11.9 Å². The summed E-state index contributed by atoms with van der Waals surface area (Å²) in [5.74, 6) is 0.915. The van der Waals surface area contributed by atoms with Crippen LogP contribution in [0.2, 0.25) is 0 Å². The lowest BCUT2D eigenvalue weighted by molar-refractivity contribution is 0.276. The van der Waals surface area contributed by atoms with Crippen molar-refractivity contribution in [1.82, 2.24) is 9.97 Å². The molecule has 0 aliphatic rings. The van der Waals surface area contributed by atoms with Gasteiger partial charge in [-0.1, -0.05) is 44.2 Å². The predicted molar refractivity (Wildman–Crippen MR) is 80.7 cm³/mol. The van der Waals surface area contributed by atoms with Crippen LogP contribution in [-0.2, 0) is 0 Å². The van der Waals surface area contributed by atoms with Gasteiger partial charge < -0.3 is 10.4 Å². The number of benzene rings is 1. The van der Waals surface area contributed by atoms with Gasteiger partial charge in [0.25, 0.3) is 0 Å². The Morgan fingerprint density at radius 1 is 1.15 bits per heavy atom. The molecule has 1 aromatic carbocycles. The van der Waals surface area contributed by atoms with Crippen LogP contribution in [0.25, 0.3) is 0 Å². The van der Waals surface area contributed by atoms with Crippen LogP contribution in [-0.4, -0.2) is 21.7 Å². The average Bonchev–Trinajstić information content (AvgIpc) is 2.45. The summed E-state index contributed by atoms with van der Waals surface area (Å²) < 4.78 is 0. The number of rotatable bonds is 5. The molecule has 0 saturated heterocycles. The average molecular weight is 271 g/mol. The highest BCUT2D eigenvalue weighted by atomic mass is 16.3. The Hall–Kier alpha value is -1.94. The molecule has 0 spiro atoms. The molecule has 1 atom stereocenters. The summed E-state index contributed by atoms with van der Waals surface area (Å²) in [6.45, 7) is 6.16. The summed E-state index contributed by atoms with van der Waals surface area (Å²) in [6.07, 6.45) is 0. The lowest BCUT2D eigenvalue weighted by Gasteiger charge is -2.18. The molecule has 1 aromatic heterocycles. The predicted octanol–water partition coefficient (Wildman–Crippen LogP) is 3.05. The maximum absolute atomic E-state index is 9.57. The van der Waals surface area contributed by atoms with Crippen molar-refractivity contribution in [3.05, 3.63) is 53.3 Å². The molecule has 2 rings (SSSR count). The van der Waals surface area contributed by atoms with Crippen LogP contribution in [0.15, 0.2) is 36.4 Å². The van der Waals surface area contributed by atoms with Crippen LogP contribution in [0.5, 0.6) is 0 Å². The second-order valence-corrected chi connectivity index (χ2v) is 5.20.